The van der Waals surface area contributed by atoms with Gasteiger partial charge in [-0.25, -0.2) is 0 Å². The van der Waals surface area contributed by atoms with Gasteiger partial charge in [0.2, 0.25) is 16.9 Å². The van der Waals surface area contributed by atoms with E-state index in [1.54, 1.807) is 0 Å². The third-order valence-corrected chi connectivity index (χ3v) is 4.95. The fourth-order valence-electron chi connectivity index (χ4n) is 2.66. The number of carbonyl (C=O) groups is 2. The van der Waals surface area contributed by atoms with E-state index in [2.05, 4.69) is 25.7 Å². The van der Waals surface area contributed by atoms with Crippen LogP contribution < -0.4 is 10.6 Å². The van der Waals surface area contributed by atoms with Crippen LogP contribution in [0, 0.1) is 0 Å². The third kappa shape index (κ3) is 4.23. The molecule has 1 aliphatic carbocycles. The number of hydrogen-bond donors (Lipinski definition) is 2. The summed E-state index contributed by atoms with van der Waals surface area (Å²) in [5, 5.41) is 15.5. The molecule has 22 heavy (non-hydrogen) atoms. The van der Waals surface area contributed by atoms with Crippen LogP contribution in [0.25, 0.3) is 0 Å². The fourth-order valence-corrected chi connectivity index (χ4v) is 3.59. The Bertz CT molecular complexity index is 557. The molecule has 0 aromatic carbocycles. The molecular formula is C14H21N5O2S. The van der Waals surface area contributed by atoms with Gasteiger partial charge in [0.05, 0.1) is 0 Å². The van der Waals surface area contributed by atoms with Crippen LogP contribution in [0.5, 0.6) is 0 Å². The van der Waals surface area contributed by atoms with Crippen LogP contribution in [0.15, 0.2) is 0 Å². The monoisotopic (exact) mass is 323 g/mol. The Morgan fingerprint density at radius 2 is 2.14 bits per heavy atom. The van der Waals surface area contributed by atoms with Gasteiger partial charge in [-0.3, -0.25) is 9.59 Å². The summed E-state index contributed by atoms with van der Waals surface area (Å²) >= 11 is 1.48. The minimum absolute atomic E-state index is 0.00679. The number of amides is 2. The van der Waals surface area contributed by atoms with Crippen LogP contribution in [0.1, 0.15) is 43.5 Å². The molecule has 3 rings (SSSR count). The van der Waals surface area contributed by atoms with Crippen molar-refractivity contribution in [1.29, 1.82) is 0 Å². The molecule has 7 nitrogen and oxygen atoms in total. The minimum atomic E-state index is -0.0264. The summed E-state index contributed by atoms with van der Waals surface area (Å²) in [6.07, 6.45) is 3.76. The van der Waals surface area contributed by atoms with Crippen LogP contribution in [0.2, 0.25) is 0 Å². The van der Waals surface area contributed by atoms with Crippen LogP contribution >= 0.6 is 11.3 Å². The normalized spacial score (nSPS) is 21.8. The van der Waals surface area contributed by atoms with Crippen molar-refractivity contribution in [3.8, 4) is 0 Å². The molecular weight excluding hydrogens is 302 g/mol. The number of anilines is 1. The molecule has 2 aliphatic rings. The molecule has 8 heteroatoms. The molecule has 0 radical (unpaired) electrons. The predicted octanol–water partition coefficient (Wildman–Crippen LogP) is 0.954. The molecule has 1 aromatic heterocycles. The van der Waals surface area contributed by atoms with Crippen LogP contribution in [-0.2, 0) is 9.59 Å². The second-order valence-corrected chi connectivity index (χ2v) is 7.01. The molecule has 2 N–H and O–H groups in total. The quantitative estimate of drug-likeness (QED) is 0.814. The summed E-state index contributed by atoms with van der Waals surface area (Å²) in [6.45, 7) is 3.98. The van der Waals surface area contributed by atoms with E-state index in [9.17, 15) is 9.59 Å². The Labute approximate surface area is 133 Å². The second-order valence-electron chi connectivity index (χ2n) is 6.00. The predicted molar refractivity (Wildman–Crippen MR) is 83.8 cm³/mol. The molecule has 0 bridgehead atoms. The minimum Gasteiger partial charge on any atom is -0.352 e. The maximum Gasteiger partial charge on any atom is 0.227 e. The van der Waals surface area contributed by atoms with Gasteiger partial charge in [0.25, 0.3) is 0 Å². The molecule has 1 atom stereocenters. The van der Waals surface area contributed by atoms with Crippen molar-refractivity contribution in [2.75, 3.05) is 25.0 Å². The first-order chi connectivity index (χ1) is 10.6. The summed E-state index contributed by atoms with van der Waals surface area (Å²) in [7, 11) is 0. The number of likely N-dealkylation sites (tertiary alicyclic amines) is 1. The van der Waals surface area contributed by atoms with Gasteiger partial charge in [0, 0.05) is 44.9 Å². The zero-order chi connectivity index (χ0) is 15.5. The van der Waals surface area contributed by atoms with E-state index in [1.807, 2.05) is 0 Å². The highest BCUT2D eigenvalue weighted by atomic mass is 32.1. The molecule has 1 saturated heterocycles. The Kier molecular flexibility index (Phi) is 4.68. The number of nitrogens with zero attached hydrogens (tertiary/aromatic N) is 3. The van der Waals surface area contributed by atoms with Crippen LogP contribution in [0.4, 0.5) is 5.13 Å². The lowest BCUT2D eigenvalue weighted by molar-refractivity contribution is -0.119. The largest absolute Gasteiger partial charge is 0.352 e. The number of hydrogen-bond acceptors (Lipinski definition) is 6. The molecule has 1 saturated carbocycles. The second kappa shape index (κ2) is 6.70. The lowest BCUT2D eigenvalue weighted by Gasteiger charge is -2.15. The van der Waals surface area contributed by atoms with Crippen molar-refractivity contribution in [1.82, 2.24) is 20.4 Å². The fraction of sp³-hybridized carbons (Fsp3) is 0.714. The van der Waals surface area contributed by atoms with E-state index in [0.717, 1.165) is 24.5 Å². The van der Waals surface area contributed by atoms with Gasteiger partial charge in [-0.05, 0) is 19.3 Å². The number of aromatic nitrogens is 2. The van der Waals surface area contributed by atoms with Gasteiger partial charge in [0.1, 0.15) is 5.01 Å². The van der Waals surface area contributed by atoms with Crippen molar-refractivity contribution in [2.24, 2.45) is 0 Å². The first kappa shape index (κ1) is 15.4. The highest BCUT2D eigenvalue weighted by Crippen LogP contribution is 2.42. The van der Waals surface area contributed by atoms with Crippen molar-refractivity contribution < 1.29 is 9.59 Å². The SMILES string of the molecule is CC(=O)N[C@H]1CCN(CCC(=O)Nc2nnc(C3CC3)s2)C1. The molecule has 120 valence electrons. The van der Waals surface area contributed by atoms with Crippen molar-refractivity contribution in [2.45, 2.75) is 44.6 Å². The number of carbonyl (C=O) groups excluding carboxylic acids is 2. The molecule has 2 fully saturated rings. The lowest BCUT2D eigenvalue weighted by atomic mass is 10.2. The van der Waals surface area contributed by atoms with E-state index in [0.29, 0.717) is 24.0 Å². The van der Waals surface area contributed by atoms with Gasteiger partial charge >= 0.3 is 0 Å². The van der Waals surface area contributed by atoms with Gasteiger partial charge in [-0.2, -0.15) is 0 Å². The molecule has 1 aliphatic heterocycles. The molecule has 2 amide bonds. The first-order valence-corrected chi connectivity index (χ1v) is 8.54. The summed E-state index contributed by atoms with van der Waals surface area (Å²) in [4.78, 5) is 25.2. The zero-order valence-electron chi connectivity index (χ0n) is 12.7. The number of rotatable bonds is 6. The highest BCUT2D eigenvalue weighted by Gasteiger charge is 2.28. The Morgan fingerprint density at radius 3 is 2.86 bits per heavy atom. The van der Waals surface area contributed by atoms with Crippen molar-refractivity contribution >= 4 is 28.3 Å². The Hall–Kier alpha value is -1.54. The van der Waals surface area contributed by atoms with E-state index >= 15 is 0 Å². The topological polar surface area (TPSA) is 87.2 Å². The molecule has 0 unspecified atom stereocenters. The van der Waals surface area contributed by atoms with E-state index in [1.165, 1.54) is 31.1 Å². The smallest absolute Gasteiger partial charge is 0.227 e. The summed E-state index contributed by atoms with van der Waals surface area (Å²) in [6, 6.07) is 0.213. The van der Waals surface area contributed by atoms with Gasteiger partial charge in [-0.1, -0.05) is 11.3 Å². The average Bonchev–Trinajstić information content (AvgIpc) is 3.05. The number of nitrogens with one attached hydrogen (secondary N) is 2. The van der Waals surface area contributed by atoms with Crippen molar-refractivity contribution in [3.63, 3.8) is 0 Å². The standard InChI is InChI=1S/C14H21N5O2S/c1-9(20)15-11-4-6-19(8-11)7-5-12(21)16-14-18-17-13(22-14)10-2-3-10/h10-11H,2-8H2,1H3,(H,15,20)(H,16,18,21)/t11-/m0/s1. The average molecular weight is 323 g/mol. The van der Waals surface area contributed by atoms with Gasteiger partial charge in [0.15, 0.2) is 0 Å². The molecule has 0 spiro atoms. The Morgan fingerprint density at radius 1 is 1.32 bits per heavy atom. The summed E-state index contributed by atoms with van der Waals surface area (Å²) in [5.41, 5.74) is 0. The van der Waals surface area contributed by atoms with Crippen LogP contribution in [-0.4, -0.2) is 52.6 Å². The maximum atomic E-state index is 12.0. The molecule has 2 heterocycles. The lowest BCUT2D eigenvalue weighted by Crippen LogP contribution is -2.36. The maximum absolute atomic E-state index is 12.0. The zero-order valence-corrected chi connectivity index (χ0v) is 13.5. The highest BCUT2D eigenvalue weighted by molar-refractivity contribution is 7.15. The summed E-state index contributed by atoms with van der Waals surface area (Å²) < 4.78 is 0. The third-order valence-electron chi connectivity index (χ3n) is 3.95. The molecule has 1 aromatic rings. The van der Waals surface area contributed by atoms with E-state index in [-0.39, 0.29) is 17.9 Å². The van der Waals surface area contributed by atoms with Crippen molar-refractivity contribution in [3.05, 3.63) is 5.01 Å². The van der Waals surface area contributed by atoms with E-state index < -0.39 is 0 Å². The van der Waals surface area contributed by atoms with Gasteiger partial charge in [-0.15, -0.1) is 10.2 Å². The van der Waals surface area contributed by atoms with Crippen LogP contribution in [0.3, 0.4) is 0 Å². The van der Waals surface area contributed by atoms with E-state index in [4.69, 9.17) is 0 Å². The Balaban J connectivity index is 1.38. The first-order valence-electron chi connectivity index (χ1n) is 7.73. The summed E-state index contributed by atoms with van der Waals surface area (Å²) in [5.74, 6) is 0.548. The van der Waals surface area contributed by atoms with Gasteiger partial charge < -0.3 is 15.5 Å².